The van der Waals surface area contributed by atoms with Gasteiger partial charge in [0.25, 0.3) is 0 Å². The molecule has 190 valence electrons. The van der Waals surface area contributed by atoms with Crippen molar-refractivity contribution >= 4 is 23.7 Å². The van der Waals surface area contributed by atoms with Crippen molar-refractivity contribution in [3.8, 4) is 0 Å². The average Bonchev–Trinajstić information content (AvgIpc) is 3.37. The van der Waals surface area contributed by atoms with Crippen LogP contribution in [0.4, 0.5) is 0 Å². The monoisotopic (exact) mass is 503 g/mol. The Labute approximate surface area is 222 Å². The summed E-state index contributed by atoms with van der Waals surface area (Å²) >= 11 is 0. The highest BCUT2D eigenvalue weighted by molar-refractivity contribution is 6.62. The molecule has 0 spiro atoms. The Morgan fingerprint density at radius 2 is 1.11 bits per heavy atom. The highest BCUT2D eigenvalue weighted by Gasteiger charge is 2.52. The fourth-order valence-electron chi connectivity index (χ4n) is 5.40. The second kappa shape index (κ2) is 8.86. The quantitative estimate of drug-likeness (QED) is 0.227. The maximum atomic E-state index is 13.9. The van der Waals surface area contributed by atoms with Crippen molar-refractivity contribution in [2.45, 2.75) is 44.4 Å². The average molecular weight is 503 g/mol. The van der Waals surface area contributed by atoms with Crippen LogP contribution >= 0.6 is 0 Å². The summed E-state index contributed by atoms with van der Waals surface area (Å²) in [6, 6.07) is 36.1. The van der Waals surface area contributed by atoms with E-state index in [2.05, 4.69) is 36.4 Å². The molecule has 5 aromatic rings. The molecular formula is C32H30BNO4. The van der Waals surface area contributed by atoms with Crippen molar-refractivity contribution < 1.29 is 13.7 Å². The van der Waals surface area contributed by atoms with Crippen LogP contribution in [-0.2, 0) is 14.8 Å². The first-order valence-electron chi connectivity index (χ1n) is 12.9. The van der Waals surface area contributed by atoms with Gasteiger partial charge in [0.05, 0.1) is 16.7 Å². The lowest BCUT2D eigenvalue weighted by Gasteiger charge is -2.36. The van der Waals surface area contributed by atoms with Gasteiger partial charge in [0.15, 0.2) is 5.58 Å². The minimum atomic E-state index is -0.960. The standard InChI is InChI=1S/C32H30BNO4/c1-30(2)31(3,4)38-33(37-30)26-20-21-27-28(22-26)36-29(35)34(27)32(23-14-8-5-9-15-23,24-16-10-6-11-17-24)25-18-12-7-13-19-25/h5-22H,1-4H3. The van der Waals surface area contributed by atoms with E-state index >= 15 is 0 Å². The Balaban J connectivity index is 1.62. The number of benzene rings is 4. The first-order valence-corrected chi connectivity index (χ1v) is 12.9. The molecule has 2 heterocycles. The van der Waals surface area contributed by atoms with Gasteiger partial charge in [-0.1, -0.05) is 97.1 Å². The molecule has 5 nitrogen and oxygen atoms in total. The molecule has 1 saturated heterocycles. The second-order valence-electron chi connectivity index (χ2n) is 10.8. The third kappa shape index (κ3) is 3.67. The number of fused-ring (bicyclic) bond motifs is 1. The van der Waals surface area contributed by atoms with Crippen LogP contribution in [0.5, 0.6) is 0 Å². The van der Waals surface area contributed by atoms with Crippen LogP contribution in [0.3, 0.4) is 0 Å². The van der Waals surface area contributed by atoms with E-state index in [4.69, 9.17) is 13.7 Å². The fourth-order valence-corrected chi connectivity index (χ4v) is 5.40. The second-order valence-corrected chi connectivity index (χ2v) is 10.8. The van der Waals surface area contributed by atoms with Crippen molar-refractivity contribution in [1.29, 1.82) is 0 Å². The smallest absolute Gasteiger partial charge is 0.408 e. The van der Waals surface area contributed by atoms with Gasteiger partial charge in [0, 0.05) is 0 Å². The Morgan fingerprint density at radius 3 is 1.55 bits per heavy atom. The molecule has 1 fully saturated rings. The predicted octanol–water partition coefficient (Wildman–Crippen LogP) is 5.73. The molecule has 1 aliphatic rings. The van der Waals surface area contributed by atoms with E-state index in [1.165, 1.54) is 0 Å². The maximum absolute atomic E-state index is 13.9. The lowest BCUT2D eigenvalue weighted by molar-refractivity contribution is 0.00578. The first-order chi connectivity index (χ1) is 18.2. The maximum Gasteiger partial charge on any atom is 0.494 e. The van der Waals surface area contributed by atoms with E-state index in [1.807, 2.05) is 100 Å². The number of hydrogen-bond acceptors (Lipinski definition) is 4. The van der Waals surface area contributed by atoms with E-state index in [0.717, 1.165) is 22.2 Å². The van der Waals surface area contributed by atoms with Gasteiger partial charge in [0.2, 0.25) is 0 Å². The number of hydrogen-bond donors (Lipinski definition) is 0. The van der Waals surface area contributed by atoms with Crippen molar-refractivity contribution in [2.24, 2.45) is 0 Å². The van der Waals surface area contributed by atoms with Crippen LogP contribution in [0.2, 0.25) is 0 Å². The summed E-state index contributed by atoms with van der Waals surface area (Å²) < 4.78 is 20.3. The number of oxazole rings is 1. The molecule has 38 heavy (non-hydrogen) atoms. The third-order valence-corrected chi connectivity index (χ3v) is 8.04. The van der Waals surface area contributed by atoms with Crippen LogP contribution in [0.15, 0.2) is 118 Å². The Kier molecular flexibility index (Phi) is 5.71. The Hall–Kier alpha value is -3.87. The summed E-state index contributed by atoms with van der Waals surface area (Å²) in [6.07, 6.45) is 0. The van der Waals surface area contributed by atoms with Gasteiger partial charge in [0.1, 0.15) is 5.54 Å². The largest absolute Gasteiger partial charge is 0.494 e. The van der Waals surface area contributed by atoms with Crippen LogP contribution in [0.25, 0.3) is 11.1 Å². The summed E-state index contributed by atoms with van der Waals surface area (Å²) in [5.74, 6) is -0.442. The Morgan fingerprint density at radius 1 is 0.658 bits per heavy atom. The zero-order valence-corrected chi connectivity index (χ0v) is 22.0. The highest BCUT2D eigenvalue weighted by Crippen LogP contribution is 2.42. The SMILES string of the molecule is CC1(C)OB(c2ccc3c(c2)oc(=O)n3C(c2ccccc2)(c2ccccc2)c2ccccc2)OC1(C)C. The number of nitrogens with zero attached hydrogens (tertiary/aromatic N) is 1. The minimum Gasteiger partial charge on any atom is -0.408 e. The zero-order chi connectivity index (χ0) is 26.5. The van der Waals surface area contributed by atoms with E-state index in [1.54, 1.807) is 4.57 Å². The zero-order valence-electron chi connectivity index (χ0n) is 22.0. The number of rotatable bonds is 5. The van der Waals surface area contributed by atoms with E-state index < -0.39 is 29.6 Å². The lowest BCUT2D eigenvalue weighted by Crippen LogP contribution is -2.42. The van der Waals surface area contributed by atoms with Gasteiger partial charge >= 0.3 is 12.9 Å². The lowest BCUT2D eigenvalue weighted by atomic mass is 9.76. The van der Waals surface area contributed by atoms with Gasteiger partial charge in [-0.3, -0.25) is 4.57 Å². The normalized spacial score (nSPS) is 16.7. The van der Waals surface area contributed by atoms with Crippen LogP contribution in [0.1, 0.15) is 44.4 Å². The van der Waals surface area contributed by atoms with Crippen LogP contribution in [0, 0.1) is 0 Å². The molecule has 1 aliphatic heterocycles. The summed E-state index contributed by atoms with van der Waals surface area (Å²) in [5.41, 5.74) is 2.94. The van der Waals surface area contributed by atoms with Crippen molar-refractivity contribution in [1.82, 2.24) is 4.57 Å². The first kappa shape index (κ1) is 24.5. The molecule has 0 unspecified atom stereocenters. The molecular weight excluding hydrogens is 473 g/mol. The highest BCUT2D eigenvalue weighted by atomic mass is 16.7. The molecule has 0 radical (unpaired) electrons. The molecule has 0 saturated carbocycles. The van der Waals surface area contributed by atoms with Gasteiger partial charge in [-0.25, -0.2) is 4.79 Å². The van der Waals surface area contributed by atoms with E-state index in [9.17, 15) is 4.79 Å². The third-order valence-electron chi connectivity index (χ3n) is 8.04. The fraction of sp³-hybridized carbons (Fsp3) is 0.219. The topological polar surface area (TPSA) is 53.6 Å². The van der Waals surface area contributed by atoms with Gasteiger partial charge < -0.3 is 13.7 Å². The predicted molar refractivity (Wildman–Crippen MR) is 151 cm³/mol. The molecule has 0 amide bonds. The molecule has 0 atom stereocenters. The molecule has 4 aromatic carbocycles. The van der Waals surface area contributed by atoms with E-state index in [0.29, 0.717) is 11.1 Å². The van der Waals surface area contributed by atoms with Crippen LogP contribution in [-0.4, -0.2) is 22.9 Å². The molecule has 0 bridgehead atoms. The van der Waals surface area contributed by atoms with Crippen molar-refractivity contribution in [2.75, 3.05) is 0 Å². The summed E-state index contributed by atoms with van der Waals surface area (Å²) in [5, 5.41) is 0. The molecule has 6 heteroatoms. The molecule has 0 N–H and O–H groups in total. The van der Waals surface area contributed by atoms with Gasteiger partial charge in [-0.05, 0) is 62.0 Å². The molecule has 0 aliphatic carbocycles. The van der Waals surface area contributed by atoms with Gasteiger partial charge in [-0.2, -0.15) is 0 Å². The van der Waals surface area contributed by atoms with E-state index in [-0.39, 0.29) is 0 Å². The Bertz CT molecular complexity index is 1530. The summed E-state index contributed by atoms with van der Waals surface area (Å²) in [7, 11) is -0.555. The van der Waals surface area contributed by atoms with Crippen LogP contribution < -0.4 is 11.2 Å². The summed E-state index contributed by atoms with van der Waals surface area (Å²) in [4.78, 5) is 13.9. The van der Waals surface area contributed by atoms with Crippen molar-refractivity contribution in [3.05, 3.63) is 136 Å². The summed E-state index contributed by atoms with van der Waals surface area (Å²) in [6.45, 7) is 8.10. The number of aromatic nitrogens is 1. The van der Waals surface area contributed by atoms with Crippen molar-refractivity contribution in [3.63, 3.8) is 0 Å². The minimum absolute atomic E-state index is 0.442. The van der Waals surface area contributed by atoms with Gasteiger partial charge in [-0.15, -0.1) is 0 Å². The molecule has 1 aromatic heterocycles. The molecule has 6 rings (SSSR count).